The lowest BCUT2D eigenvalue weighted by Gasteiger charge is -2.19. The molecule has 1 fully saturated rings. The van der Waals surface area contributed by atoms with E-state index in [0.29, 0.717) is 11.8 Å². The van der Waals surface area contributed by atoms with Crippen LogP contribution in [-0.4, -0.2) is 54.9 Å². The molecule has 0 aromatic heterocycles. The molecule has 0 radical (unpaired) electrons. The maximum absolute atomic E-state index is 11.9. The van der Waals surface area contributed by atoms with Crippen molar-refractivity contribution < 1.29 is 9.90 Å². The summed E-state index contributed by atoms with van der Waals surface area (Å²) in [6.45, 7) is 8.79. The summed E-state index contributed by atoms with van der Waals surface area (Å²) in [6, 6.07) is -0.0336. The molecule has 1 unspecified atom stereocenters. The van der Waals surface area contributed by atoms with Crippen LogP contribution in [0, 0.1) is 17.8 Å². The summed E-state index contributed by atoms with van der Waals surface area (Å²) >= 11 is 0. The van der Waals surface area contributed by atoms with E-state index < -0.39 is 0 Å². The first kappa shape index (κ1) is 16.3. The van der Waals surface area contributed by atoms with E-state index in [1.165, 1.54) is 6.42 Å². The van der Waals surface area contributed by atoms with Crippen molar-refractivity contribution in [2.75, 3.05) is 32.8 Å². The lowest BCUT2D eigenvalue weighted by molar-refractivity contribution is 0.229. The van der Waals surface area contributed by atoms with Crippen molar-refractivity contribution >= 4 is 6.03 Å². The molecule has 3 N–H and O–H groups in total. The van der Waals surface area contributed by atoms with E-state index in [1.807, 2.05) is 12.2 Å². The van der Waals surface area contributed by atoms with Crippen LogP contribution in [0.3, 0.4) is 0 Å². The summed E-state index contributed by atoms with van der Waals surface area (Å²) in [5.41, 5.74) is 0. The Bertz CT molecular complexity index is 371. The summed E-state index contributed by atoms with van der Waals surface area (Å²) < 4.78 is 0. The second-order valence-corrected chi connectivity index (χ2v) is 6.83. The summed E-state index contributed by atoms with van der Waals surface area (Å²) in [7, 11) is 0. The van der Waals surface area contributed by atoms with Crippen molar-refractivity contribution in [1.29, 1.82) is 0 Å². The summed E-state index contributed by atoms with van der Waals surface area (Å²) in [4.78, 5) is 14.4. The molecule has 1 aliphatic heterocycles. The Hall–Kier alpha value is -1.07. The maximum Gasteiger partial charge on any atom is 0.315 e. The SMILES string of the molecule is CC(C)CN1CCC(CNC(=O)N[C@@H]2C=C[C@H](CO)C2)C1. The molecule has 3 atom stereocenters. The molecule has 1 aliphatic carbocycles. The van der Waals surface area contributed by atoms with Crippen LogP contribution in [0.2, 0.25) is 0 Å². The number of nitrogens with one attached hydrogen (secondary N) is 2. The fourth-order valence-corrected chi connectivity index (χ4v) is 3.24. The lowest BCUT2D eigenvalue weighted by atomic mass is 10.1. The minimum Gasteiger partial charge on any atom is -0.396 e. The predicted octanol–water partition coefficient (Wildman–Crippen LogP) is 1.20. The Labute approximate surface area is 127 Å². The van der Waals surface area contributed by atoms with E-state index in [1.54, 1.807) is 0 Å². The zero-order chi connectivity index (χ0) is 15.2. The van der Waals surface area contributed by atoms with Crippen molar-refractivity contribution in [3.05, 3.63) is 12.2 Å². The molecule has 0 aromatic rings. The fourth-order valence-electron chi connectivity index (χ4n) is 3.24. The average Bonchev–Trinajstić information content (AvgIpc) is 3.05. The summed E-state index contributed by atoms with van der Waals surface area (Å²) in [6.07, 6.45) is 5.92. The lowest BCUT2D eigenvalue weighted by Crippen LogP contribution is -2.43. The van der Waals surface area contributed by atoms with E-state index in [9.17, 15) is 4.79 Å². The molecule has 2 rings (SSSR count). The normalized spacial score (nSPS) is 29.2. The van der Waals surface area contributed by atoms with E-state index >= 15 is 0 Å². The molecule has 0 aromatic carbocycles. The zero-order valence-electron chi connectivity index (χ0n) is 13.2. The van der Waals surface area contributed by atoms with Gasteiger partial charge in [0.05, 0.1) is 0 Å². The molecule has 5 nitrogen and oxygen atoms in total. The van der Waals surface area contributed by atoms with Crippen molar-refractivity contribution in [1.82, 2.24) is 15.5 Å². The summed E-state index contributed by atoms with van der Waals surface area (Å²) in [5.74, 6) is 1.46. The number of carbonyl (C=O) groups is 1. The number of carbonyl (C=O) groups excluding carboxylic acids is 1. The topological polar surface area (TPSA) is 64.6 Å². The number of likely N-dealkylation sites (tertiary alicyclic amines) is 1. The predicted molar refractivity (Wildman–Crippen MR) is 84.0 cm³/mol. The van der Waals surface area contributed by atoms with Gasteiger partial charge in [-0.1, -0.05) is 26.0 Å². The van der Waals surface area contributed by atoms with Gasteiger partial charge in [0.1, 0.15) is 0 Å². The fraction of sp³-hybridized carbons (Fsp3) is 0.812. The molecule has 0 bridgehead atoms. The third-order valence-corrected chi connectivity index (χ3v) is 4.27. The van der Waals surface area contributed by atoms with E-state index in [4.69, 9.17) is 5.11 Å². The second kappa shape index (κ2) is 7.80. The Morgan fingerprint density at radius 2 is 2.24 bits per heavy atom. The number of hydrogen-bond acceptors (Lipinski definition) is 3. The molecule has 1 heterocycles. The first-order chi connectivity index (χ1) is 10.1. The number of rotatable bonds is 6. The van der Waals surface area contributed by atoms with Crippen molar-refractivity contribution in [3.63, 3.8) is 0 Å². The molecule has 2 aliphatic rings. The van der Waals surface area contributed by atoms with Gasteiger partial charge in [0.15, 0.2) is 0 Å². The quantitative estimate of drug-likeness (QED) is 0.645. The maximum atomic E-state index is 11.9. The van der Waals surface area contributed by atoms with Gasteiger partial charge in [0, 0.05) is 38.2 Å². The standard InChI is InChI=1S/C16H29N3O2/c1-12(2)9-19-6-5-14(10-19)8-17-16(21)18-15-4-3-13(7-15)11-20/h3-4,12-15,20H,5-11H2,1-2H3,(H2,17,18,21)/t13-,14?,15+/m0/s1. The first-order valence-corrected chi connectivity index (χ1v) is 8.12. The third-order valence-electron chi connectivity index (χ3n) is 4.27. The molecule has 0 spiro atoms. The van der Waals surface area contributed by atoms with E-state index in [0.717, 1.165) is 32.6 Å². The van der Waals surface area contributed by atoms with Gasteiger partial charge < -0.3 is 20.6 Å². The highest BCUT2D eigenvalue weighted by molar-refractivity contribution is 5.74. The highest BCUT2D eigenvalue weighted by Crippen LogP contribution is 2.18. The molecule has 1 saturated heterocycles. The van der Waals surface area contributed by atoms with Crippen LogP contribution in [-0.2, 0) is 0 Å². The van der Waals surface area contributed by atoms with Gasteiger partial charge in [-0.2, -0.15) is 0 Å². The number of aliphatic hydroxyl groups is 1. The van der Waals surface area contributed by atoms with Crippen LogP contribution >= 0.6 is 0 Å². The number of nitrogens with zero attached hydrogens (tertiary/aromatic N) is 1. The average molecular weight is 295 g/mol. The molecule has 5 heteroatoms. The zero-order valence-corrected chi connectivity index (χ0v) is 13.2. The van der Waals surface area contributed by atoms with Crippen LogP contribution in [0.1, 0.15) is 26.7 Å². The Balaban J connectivity index is 1.61. The van der Waals surface area contributed by atoms with Gasteiger partial charge in [-0.15, -0.1) is 0 Å². The second-order valence-electron chi connectivity index (χ2n) is 6.83. The Morgan fingerprint density at radius 3 is 2.90 bits per heavy atom. The molecule has 2 amide bonds. The van der Waals surface area contributed by atoms with Crippen LogP contribution in [0.5, 0.6) is 0 Å². The third kappa shape index (κ3) is 5.32. The molecule has 21 heavy (non-hydrogen) atoms. The van der Waals surface area contributed by atoms with E-state index in [2.05, 4.69) is 29.4 Å². The van der Waals surface area contributed by atoms with E-state index in [-0.39, 0.29) is 24.6 Å². The first-order valence-electron chi connectivity index (χ1n) is 8.12. The molecular weight excluding hydrogens is 266 g/mol. The Kier molecular flexibility index (Phi) is 6.06. The van der Waals surface area contributed by atoms with Crippen LogP contribution < -0.4 is 10.6 Å². The van der Waals surface area contributed by atoms with Gasteiger partial charge in [0.2, 0.25) is 0 Å². The Morgan fingerprint density at radius 1 is 1.43 bits per heavy atom. The molecular formula is C16H29N3O2. The van der Waals surface area contributed by atoms with Gasteiger partial charge in [-0.3, -0.25) is 0 Å². The van der Waals surface area contributed by atoms with Crippen molar-refractivity contribution in [3.8, 4) is 0 Å². The smallest absolute Gasteiger partial charge is 0.315 e. The van der Waals surface area contributed by atoms with Gasteiger partial charge in [0.25, 0.3) is 0 Å². The molecule has 120 valence electrons. The van der Waals surface area contributed by atoms with Gasteiger partial charge >= 0.3 is 6.03 Å². The van der Waals surface area contributed by atoms with Crippen LogP contribution in [0.25, 0.3) is 0 Å². The van der Waals surface area contributed by atoms with Crippen molar-refractivity contribution in [2.24, 2.45) is 17.8 Å². The monoisotopic (exact) mass is 295 g/mol. The van der Waals surface area contributed by atoms with Crippen LogP contribution in [0.15, 0.2) is 12.2 Å². The highest BCUT2D eigenvalue weighted by atomic mass is 16.3. The van der Waals surface area contributed by atoms with Crippen LogP contribution in [0.4, 0.5) is 4.79 Å². The van der Waals surface area contributed by atoms with Gasteiger partial charge in [-0.05, 0) is 31.2 Å². The summed E-state index contributed by atoms with van der Waals surface area (Å²) in [5, 5.41) is 15.0. The number of amides is 2. The van der Waals surface area contributed by atoms with Gasteiger partial charge in [-0.25, -0.2) is 4.79 Å². The number of hydrogen-bond donors (Lipinski definition) is 3. The minimum absolute atomic E-state index is 0.0585. The number of aliphatic hydroxyl groups excluding tert-OH is 1. The highest BCUT2D eigenvalue weighted by Gasteiger charge is 2.24. The number of urea groups is 1. The van der Waals surface area contributed by atoms with Crippen molar-refractivity contribution in [2.45, 2.75) is 32.7 Å². The largest absolute Gasteiger partial charge is 0.396 e. The minimum atomic E-state index is -0.0921. The molecule has 0 saturated carbocycles.